The van der Waals surface area contributed by atoms with Crippen LogP contribution in [0.15, 0.2) is 0 Å². The Balaban J connectivity index is 0. The normalized spacial score (nSPS) is 0. The van der Waals surface area contributed by atoms with E-state index in [9.17, 15) is 0 Å². The number of rotatable bonds is 0. The summed E-state index contributed by atoms with van der Waals surface area (Å²) in [6.45, 7) is 0. The van der Waals surface area contributed by atoms with Crippen molar-refractivity contribution < 1.29 is 123 Å². The molecular weight excluding hydrogens is 850 g/mol. The summed E-state index contributed by atoms with van der Waals surface area (Å²) in [6, 6.07) is 0. The van der Waals surface area contributed by atoms with Gasteiger partial charge in [0.25, 0.3) is 0 Å². The summed E-state index contributed by atoms with van der Waals surface area (Å²) in [5.74, 6) is 0. The van der Waals surface area contributed by atoms with Gasteiger partial charge >= 0.3 is 51.7 Å². The van der Waals surface area contributed by atoms with Crippen LogP contribution >= 0.6 is 0 Å². The molecule has 0 radical (unpaired) electrons. The zero-order valence-electron chi connectivity index (χ0n) is 3.42. The summed E-state index contributed by atoms with van der Waals surface area (Å²) in [5.41, 5.74) is 0. The number of halogens is 6. The fourth-order valence-electron chi connectivity index (χ4n) is 0. The molecule has 0 N–H and O–H groups in total. The molecule has 0 aliphatic rings. The van der Waals surface area contributed by atoms with Gasteiger partial charge in [0, 0.05) is 0 Å². The third-order valence-corrected chi connectivity index (χ3v) is 0. The van der Waals surface area contributed by atoms with E-state index in [-0.39, 0.29) is 175 Å². The fourth-order valence-corrected chi connectivity index (χ4v) is 0. The molecule has 0 spiro atoms. The monoisotopic (exact) mass is 847 g/mol. The minimum absolute atomic E-state index is 0. The Kier molecular flexibility index (Phi) is 492. The van der Waals surface area contributed by atoms with Gasteiger partial charge in [0.1, 0.15) is 0 Å². The molecule has 0 aromatic carbocycles. The van der Waals surface area contributed by atoms with Crippen molar-refractivity contribution in [3.63, 3.8) is 0 Å². The Bertz CT molecular complexity index is 12.5. The second-order valence-corrected chi connectivity index (χ2v) is 0. The van der Waals surface area contributed by atoms with Gasteiger partial charge in [-0.05, 0) is 0 Å². The standard InChI is InChI=1S/3BrH.3HI.2In/h6*1H;;/q;;;;;;2*+3/p-6. The van der Waals surface area contributed by atoms with Crippen molar-refractivity contribution in [2.24, 2.45) is 0 Å². The third-order valence-electron chi connectivity index (χ3n) is 0. The Morgan fingerprint density at radius 1 is 0.375 bits per heavy atom. The molecule has 0 fully saturated rings. The first-order valence-corrected chi connectivity index (χ1v) is 0. The molecule has 0 heterocycles. The van der Waals surface area contributed by atoms with Gasteiger partial charge in [-0.15, -0.1) is 0 Å². The van der Waals surface area contributed by atoms with E-state index < -0.39 is 0 Å². The quantitative estimate of drug-likeness (QED) is 0.213. The number of hydrogen-bond acceptors (Lipinski definition) is 0. The molecular formula is Br3I3In2. The zero-order valence-corrected chi connectivity index (χ0v) is 21.2. The molecule has 0 saturated carbocycles. The topological polar surface area (TPSA) is 0 Å². The summed E-state index contributed by atoms with van der Waals surface area (Å²) in [6.07, 6.45) is 0. The first-order chi connectivity index (χ1) is 0. The SMILES string of the molecule is [Br-].[Br-].[Br-].[I-].[I-].[I-].[In+3].[In+3]. The molecule has 0 saturated heterocycles. The van der Waals surface area contributed by atoms with Crippen molar-refractivity contribution >= 4 is 51.7 Å². The third kappa shape index (κ3) is 42.4. The summed E-state index contributed by atoms with van der Waals surface area (Å²) in [5, 5.41) is 0. The van der Waals surface area contributed by atoms with Crippen molar-refractivity contribution in [2.75, 3.05) is 0 Å². The van der Waals surface area contributed by atoms with Crippen LogP contribution in [0.3, 0.4) is 0 Å². The molecule has 0 aliphatic carbocycles. The second kappa shape index (κ2) is 55.5. The predicted octanol–water partition coefficient (Wildman–Crippen LogP) is -18.7. The maximum absolute atomic E-state index is 0. The van der Waals surface area contributed by atoms with Gasteiger partial charge in [0.2, 0.25) is 0 Å². The summed E-state index contributed by atoms with van der Waals surface area (Å²) < 4.78 is 0. The van der Waals surface area contributed by atoms with Crippen LogP contribution in [0.5, 0.6) is 0 Å². The van der Waals surface area contributed by atoms with Gasteiger partial charge in [0.15, 0.2) is 0 Å². The maximum Gasteiger partial charge on any atom is 3.00 e. The van der Waals surface area contributed by atoms with Crippen molar-refractivity contribution in [2.45, 2.75) is 0 Å². The minimum atomic E-state index is 0. The van der Waals surface area contributed by atoms with E-state index in [0.29, 0.717) is 0 Å². The molecule has 0 aromatic heterocycles. The summed E-state index contributed by atoms with van der Waals surface area (Å²) in [4.78, 5) is 0. The molecule has 0 aliphatic heterocycles. The Morgan fingerprint density at radius 3 is 0.375 bits per heavy atom. The van der Waals surface area contributed by atoms with Gasteiger partial charge in [0.05, 0.1) is 0 Å². The van der Waals surface area contributed by atoms with Crippen molar-refractivity contribution in [1.29, 1.82) is 0 Å². The summed E-state index contributed by atoms with van der Waals surface area (Å²) in [7, 11) is 0. The van der Waals surface area contributed by atoms with Crippen molar-refractivity contribution in [3.05, 3.63) is 0 Å². The average molecular weight is 850 g/mol. The van der Waals surface area contributed by atoms with Gasteiger partial charge in [-0.3, -0.25) is 0 Å². The Hall–Kier alpha value is 5.37. The van der Waals surface area contributed by atoms with Gasteiger partial charge in [-0.25, -0.2) is 0 Å². The van der Waals surface area contributed by atoms with Gasteiger partial charge in [-0.2, -0.15) is 0 Å². The van der Waals surface area contributed by atoms with E-state index >= 15 is 0 Å². The molecule has 0 rings (SSSR count). The predicted molar refractivity (Wildman–Crippen MR) is 11.5 cm³/mol. The molecule has 0 nitrogen and oxygen atoms in total. The van der Waals surface area contributed by atoms with Crippen LogP contribution < -0.4 is 123 Å². The van der Waals surface area contributed by atoms with Gasteiger partial charge < -0.3 is 123 Å². The maximum atomic E-state index is 0. The van der Waals surface area contributed by atoms with E-state index in [1.807, 2.05) is 0 Å². The van der Waals surface area contributed by atoms with Crippen LogP contribution in [0.2, 0.25) is 0 Å². The van der Waals surface area contributed by atoms with E-state index in [4.69, 9.17) is 0 Å². The van der Waals surface area contributed by atoms with E-state index in [1.165, 1.54) is 0 Å². The molecule has 8 heavy (non-hydrogen) atoms. The molecule has 0 amide bonds. The average Bonchev–Trinajstić information content (AvgIpc) is 0. The van der Waals surface area contributed by atoms with Crippen molar-refractivity contribution in [1.82, 2.24) is 0 Å². The fraction of sp³-hybridized carbons (Fsp3) is 0. The molecule has 0 aromatic rings. The van der Waals surface area contributed by atoms with Crippen LogP contribution in [0, 0.1) is 0 Å². The van der Waals surface area contributed by atoms with Crippen LogP contribution in [0.1, 0.15) is 0 Å². The molecule has 48 valence electrons. The molecule has 0 bridgehead atoms. The summed E-state index contributed by atoms with van der Waals surface area (Å²) >= 11 is 0. The van der Waals surface area contributed by atoms with E-state index in [0.717, 1.165) is 0 Å². The van der Waals surface area contributed by atoms with E-state index in [1.54, 1.807) is 0 Å². The van der Waals surface area contributed by atoms with Crippen LogP contribution in [0.4, 0.5) is 0 Å². The first kappa shape index (κ1) is 70.9. The molecule has 0 atom stereocenters. The van der Waals surface area contributed by atoms with Crippen LogP contribution in [-0.2, 0) is 0 Å². The minimum Gasteiger partial charge on any atom is -1.00 e. The zero-order chi connectivity index (χ0) is 0. The van der Waals surface area contributed by atoms with Crippen LogP contribution in [0.25, 0.3) is 0 Å². The smallest absolute Gasteiger partial charge is 1.00 e. The van der Waals surface area contributed by atoms with Crippen LogP contribution in [-0.4, -0.2) is 51.7 Å². The number of hydrogen-bond donors (Lipinski definition) is 0. The Labute approximate surface area is 170 Å². The molecule has 8 heteroatoms. The first-order valence-electron chi connectivity index (χ1n) is 0. The van der Waals surface area contributed by atoms with Gasteiger partial charge in [-0.1, -0.05) is 0 Å². The molecule has 0 unspecified atom stereocenters. The second-order valence-electron chi connectivity index (χ2n) is 0. The largest absolute Gasteiger partial charge is 3.00 e. The Morgan fingerprint density at radius 2 is 0.375 bits per heavy atom. The van der Waals surface area contributed by atoms with Crippen molar-refractivity contribution in [3.8, 4) is 0 Å². The van der Waals surface area contributed by atoms with E-state index in [2.05, 4.69) is 0 Å².